The topological polar surface area (TPSA) is 105 Å². The Morgan fingerprint density at radius 2 is 1.92 bits per heavy atom. The van der Waals surface area contributed by atoms with Crippen LogP contribution in [0.2, 0.25) is 0 Å². The number of hydrogen-bond donors (Lipinski definition) is 2. The van der Waals surface area contributed by atoms with Gasteiger partial charge in [0.2, 0.25) is 5.56 Å². The van der Waals surface area contributed by atoms with E-state index in [-0.39, 0.29) is 39.7 Å². The first-order chi connectivity index (χ1) is 17.4. The number of H-pyrrole nitrogens is 1. The second-order valence-electron chi connectivity index (χ2n) is 8.84. The van der Waals surface area contributed by atoms with E-state index in [1.54, 1.807) is 0 Å². The maximum atomic E-state index is 15.3. The van der Waals surface area contributed by atoms with Crippen molar-refractivity contribution in [2.75, 3.05) is 30.4 Å². The van der Waals surface area contributed by atoms with Crippen LogP contribution in [0.15, 0.2) is 34.6 Å². The number of pyridine rings is 1. The van der Waals surface area contributed by atoms with E-state index < -0.39 is 34.6 Å². The van der Waals surface area contributed by atoms with E-state index >= 15 is 4.39 Å². The van der Waals surface area contributed by atoms with Gasteiger partial charge in [-0.2, -0.15) is 18.4 Å². The maximum absolute atomic E-state index is 15.3. The number of alkyl halides is 3. The lowest BCUT2D eigenvalue weighted by atomic mass is 10.1. The molecule has 1 aliphatic heterocycles. The smallest absolute Gasteiger partial charge is 0.367 e. The van der Waals surface area contributed by atoms with E-state index in [2.05, 4.69) is 20.2 Å². The van der Waals surface area contributed by atoms with Crippen LogP contribution >= 0.6 is 11.3 Å². The minimum Gasteiger partial charge on any atom is -0.367 e. The van der Waals surface area contributed by atoms with Crippen LogP contribution in [0.25, 0.3) is 10.6 Å². The van der Waals surface area contributed by atoms with Crippen LogP contribution in [-0.4, -0.2) is 53.0 Å². The number of nitriles is 1. The molecule has 0 aliphatic carbocycles. The molecule has 1 saturated heterocycles. The van der Waals surface area contributed by atoms with Gasteiger partial charge in [-0.15, -0.1) is 11.3 Å². The third-order valence-electron chi connectivity index (χ3n) is 6.36. The van der Waals surface area contributed by atoms with Gasteiger partial charge in [-0.25, -0.2) is 9.37 Å². The average Bonchev–Trinajstić information content (AvgIpc) is 3.31. The SMILES string of the molecule is C[C@@H]1CN(c2cc(F)c(-c3nc(C#N)cs3)cc2NC(=O)c2c[nH]c(=O)cc2C(F)(F)F)C[C@H](C)N1C. The number of amides is 1. The Balaban J connectivity index is 1.81. The van der Waals surface area contributed by atoms with Gasteiger partial charge in [0.1, 0.15) is 16.9 Å². The highest BCUT2D eigenvalue weighted by molar-refractivity contribution is 7.13. The number of rotatable bonds is 4. The average molecular weight is 535 g/mol. The van der Waals surface area contributed by atoms with Crippen LogP contribution in [0.4, 0.5) is 28.9 Å². The normalized spacial score (nSPS) is 18.5. The number of nitrogens with one attached hydrogen (secondary N) is 2. The lowest BCUT2D eigenvalue weighted by Crippen LogP contribution is -2.55. The van der Waals surface area contributed by atoms with Crippen LogP contribution in [0.3, 0.4) is 0 Å². The summed E-state index contributed by atoms with van der Waals surface area (Å²) >= 11 is 1.02. The minimum absolute atomic E-state index is 0.0155. The number of carbonyl (C=O) groups excluding carboxylic acids is 1. The molecular formula is C24H22F4N6O2S. The lowest BCUT2D eigenvalue weighted by molar-refractivity contribution is -0.138. The van der Waals surface area contributed by atoms with Crippen LogP contribution in [-0.2, 0) is 6.18 Å². The first kappa shape index (κ1) is 26.3. The van der Waals surface area contributed by atoms with Crippen molar-refractivity contribution in [1.29, 1.82) is 5.26 Å². The Bertz CT molecular complexity index is 1430. The third-order valence-corrected chi connectivity index (χ3v) is 7.23. The largest absolute Gasteiger partial charge is 0.417 e. The molecule has 3 heterocycles. The molecule has 0 bridgehead atoms. The number of benzene rings is 1. The summed E-state index contributed by atoms with van der Waals surface area (Å²) in [6.07, 6.45) is -4.25. The van der Waals surface area contributed by atoms with Gasteiger partial charge in [0, 0.05) is 54.4 Å². The standard InChI is InChI=1S/C24H22F4N6O2S/c1-12-9-34(10-13(2)33(12)3)20-6-18(25)15(23-31-14(7-29)11-37-23)4-19(20)32-22(36)16-8-30-21(35)5-17(16)24(26,27)28/h4-6,8,11-13H,9-10H2,1-3H3,(H,30,35)(H,32,36)/t12-,13+. The Hall–Kier alpha value is -3.76. The quantitative estimate of drug-likeness (QED) is 0.484. The number of aromatic amines is 1. The molecule has 2 N–H and O–H groups in total. The molecule has 37 heavy (non-hydrogen) atoms. The zero-order chi connectivity index (χ0) is 27.1. The number of anilines is 2. The van der Waals surface area contributed by atoms with E-state index in [9.17, 15) is 22.8 Å². The molecule has 0 unspecified atom stereocenters. The summed E-state index contributed by atoms with van der Waals surface area (Å²) in [5.74, 6) is -1.79. The molecule has 1 aliphatic rings. The molecule has 0 saturated carbocycles. The van der Waals surface area contributed by atoms with E-state index in [0.29, 0.717) is 25.4 Å². The highest BCUT2D eigenvalue weighted by Crippen LogP contribution is 2.38. The van der Waals surface area contributed by atoms with Crippen molar-refractivity contribution in [2.45, 2.75) is 32.1 Å². The van der Waals surface area contributed by atoms with Gasteiger partial charge >= 0.3 is 6.18 Å². The number of hydrogen-bond acceptors (Lipinski definition) is 7. The number of halogens is 4. The van der Waals surface area contributed by atoms with Gasteiger partial charge in [-0.3, -0.25) is 14.5 Å². The fraction of sp³-hybridized carbons (Fsp3) is 0.333. The van der Waals surface area contributed by atoms with Gasteiger partial charge in [0.15, 0.2) is 5.69 Å². The van der Waals surface area contributed by atoms with Gasteiger partial charge in [0.25, 0.3) is 5.91 Å². The first-order valence-electron chi connectivity index (χ1n) is 11.2. The summed E-state index contributed by atoms with van der Waals surface area (Å²) < 4.78 is 56.0. The van der Waals surface area contributed by atoms with Gasteiger partial charge in [-0.05, 0) is 27.0 Å². The molecule has 1 aromatic carbocycles. The first-order valence-corrected chi connectivity index (χ1v) is 12.0. The molecule has 3 aromatic rings. The molecule has 1 fully saturated rings. The van der Waals surface area contributed by atoms with Crippen molar-refractivity contribution in [3.63, 3.8) is 0 Å². The van der Waals surface area contributed by atoms with Crippen LogP contribution in [0, 0.1) is 17.1 Å². The summed E-state index contributed by atoms with van der Waals surface area (Å²) in [5.41, 5.74) is -2.76. The van der Waals surface area contributed by atoms with E-state index in [4.69, 9.17) is 5.26 Å². The number of likely N-dealkylation sites (N-methyl/N-ethyl adjacent to an activating group) is 1. The predicted molar refractivity (Wildman–Crippen MR) is 131 cm³/mol. The Morgan fingerprint density at radius 3 is 2.51 bits per heavy atom. The summed E-state index contributed by atoms with van der Waals surface area (Å²) in [6.45, 7) is 4.93. The van der Waals surface area contributed by atoms with Gasteiger partial charge < -0.3 is 15.2 Å². The molecule has 13 heteroatoms. The summed E-state index contributed by atoms with van der Waals surface area (Å²) in [5, 5.41) is 13.2. The molecule has 194 valence electrons. The molecule has 8 nitrogen and oxygen atoms in total. The van der Waals surface area contributed by atoms with Crippen molar-refractivity contribution in [3.05, 3.63) is 62.8 Å². The summed E-state index contributed by atoms with van der Waals surface area (Å²) in [6, 6.07) is 4.83. The Labute approximate surface area is 213 Å². The summed E-state index contributed by atoms with van der Waals surface area (Å²) in [4.78, 5) is 34.8. The predicted octanol–water partition coefficient (Wildman–Crippen LogP) is 4.31. The monoisotopic (exact) mass is 534 g/mol. The minimum atomic E-state index is -4.95. The molecule has 2 atom stereocenters. The lowest BCUT2D eigenvalue weighted by Gasteiger charge is -2.44. The molecule has 2 aromatic heterocycles. The zero-order valence-corrected chi connectivity index (χ0v) is 20.8. The molecule has 1 amide bonds. The van der Waals surface area contributed by atoms with Crippen LogP contribution in [0.5, 0.6) is 0 Å². The summed E-state index contributed by atoms with van der Waals surface area (Å²) in [7, 11) is 1.96. The Kier molecular flexibility index (Phi) is 7.07. The number of nitrogens with zero attached hydrogens (tertiary/aromatic N) is 4. The van der Waals surface area contributed by atoms with Crippen LogP contribution < -0.4 is 15.8 Å². The van der Waals surface area contributed by atoms with E-state index in [0.717, 1.165) is 11.3 Å². The molecule has 0 radical (unpaired) electrons. The van der Waals surface area contributed by atoms with Crippen molar-refractivity contribution < 1.29 is 22.4 Å². The van der Waals surface area contributed by atoms with E-state index in [1.807, 2.05) is 31.9 Å². The van der Waals surface area contributed by atoms with Gasteiger partial charge in [0.05, 0.1) is 22.5 Å². The fourth-order valence-electron chi connectivity index (χ4n) is 4.22. The van der Waals surface area contributed by atoms with Gasteiger partial charge in [-0.1, -0.05) is 0 Å². The second-order valence-corrected chi connectivity index (χ2v) is 9.70. The Morgan fingerprint density at radius 1 is 1.24 bits per heavy atom. The number of carbonyl (C=O) groups is 1. The van der Waals surface area contributed by atoms with E-state index in [1.165, 1.54) is 17.5 Å². The molecule has 4 rings (SSSR count). The van der Waals surface area contributed by atoms with Crippen molar-refractivity contribution in [1.82, 2.24) is 14.9 Å². The van der Waals surface area contributed by atoms with Crippen molar-refractivity contribution in [3.8, 4) is 16.6 Å². The highest BCUT2D eigenvalue weighted by Gasteiger charge is 2.36. The number of thiazole rings is 1. The highest BCUT2D eigenvalue weighted by atomic mass is 32.1. The zero-order valence-electron chi connectivity index (χ0n) is 20.0. The van der Waals surface area contributed by atoms with Crippen molar-refractivity contribution in [2.24, 2.45) is 0 Å². The number of piperazine rings is 1. The second kappa shape index (κ2) is 9.95. The van der Waals surface area contributed by atoms with Crippen molar-refractivity contribution >= 4 is 28.6 Å². The fourth-order valence-corrected chi connectivity index (χ4v) is 4.99. The maximum Gasteiger partial charge on any atom is 0.417 e. The molecular weight excluding hydrogens is 512 g/mol. The van der Waals surface area contributed by atoms with Crippen LogP contribution in [0.1, 0.15) is 35.5 Å². The third kappa shape index (κ3) is 5.35. The molecule has 0 spiro atoms. The number of aromatic nitrogens is 2.